The number of hydrogen-bond acceptors (Lipinski definition) is 5. The van der Waals surface area contributed by atoms with Gasteiger partial charge in [-0.3, -0.25) is 0 Å². The molecule has 2 aliphatic rings. The van der Waals surface area contributed by atoms with Gasteiger partial charge in [0, 0.05) is 37.4 Å². The molecule has 3 heterocycles. The summed E-state index contributed by atoms with van der Waals surface area (Å²) in [7, 11) is 0. The molecule has 5 nitrogen and oxygen atoms in total. The van der Waals surface area contributed by atoms with Gasteiger partial charge in [-0.15, -0.1) is 0 Å². The van der Waals surface area contributed by atoms with E-state index < -0.39 is 0 Å². The summed E-state index contributed by atoms with van der Waals surface area (Å²) in [5.41, 5.74) is 0.968. The van der Waals surface area contributed by atoms with Crippen molar-refractivity contribution in [1.82, 2.24) is 15.3 Å². The fourth-order valence-corrected chi connectivity index (χ4v) is 3.31. The summed E-state index contributed by atoms with van der Waals surface area (Å²) in [6.07, 6.45) is 0. The highest BCUT2D eigenvalue weighted by Crippen LogP contribution is 2.34. The zero-order chi connectivity index (χ0) is 13.4. The van der Waals surface area contributed by atoms with Gasteiger partial charge in [0.25, 0.3) is 0 Å². The molecule has 2 aliphatic heterocycles. The van der Waals surface area contributed by atoms with E-state index in [0.29, 0.717) is 18.5 Å². The molecule has 1 aromatic heterocycles. The highest BCUT2D eigenvalue weighted by molar-refractivity contribution is 5.38. The predicted octanol–water partition coefficient (Wildman–Crippen LogP) is 1.23. The molecule has 0 aliphatic carbocycles. The summed E-state index contributed by atoms with van der Waals surface area (Å²) in [5, 5.41) is 3.48. The van der Waals surface area contributed by atoms with Crippen LogP contribution >= 0.6 is 0 Å². The van der Waals surface area contributed by atoms with Crippen molar-refractivity contribution in [2.24, 2.45) is 11.8 Å². The Hall–Kier alpha value is -1.36. The summed E-state index contributed by atoms with van der Waals surface area (Å²) in [5.74, 6) is 2.96. The molecule has 1 aromatic rings. The van der Waals surface area contributed by atoms with Gasteiger partial charge < -0.3 is 15.0 Å². The number of fused-ring (bicyclic) bond motifs is 1. The highest BCUT2D eigenvalue weighted by atomic mass is 16.5. The van der Waals surface area contributed by atoms with Crippen LogP contribution in [0, 0.1) is 18.8 Å². The maximum absolute atomic E-state index is 5.53. The minimum atomic E-state index is 0.497. The van der Waals surface area contributed by atoms with Gasteiger partial charge >= 0.3 is 0 Å². The van der Waals surface area contributed by atoms with Crippen LogP contribution in [-0.4, -0.2) is 42.3 Å². The largest absolute Gasteiger partial charge is 0.478 e. The van der Waals surface area contributed by atoms with Crippen molar-refractivity contribution >= 4 is 5.95 Å². The molecule has 0 bridgehead atoms. The highest BCUT2D eigenvalue weighted by Gasteiger charge is 2.42. The Bertz CT molecular complexity index is 465. The van der Waals surface area contributed by atoms with E-state index in [-0.39, 0.29) is 0 Å². The normalized spacial score (nSPS) is 29.6. The molecule has 0 amide bonds. The number of nitrogens with one attached hydrogen (secondary N) is 1. The van der Waals surface area contributed by atoms with E-state index in [1.165, 1.54) is 0 Å². The molecule has 0 radical (unpaired) electrons. The summed E-state index contributed by atoms with van der Waals surface area (Å²) in [6, 6.07) is 2.40. The van der Waals surface area contributed by atoms with Crippen molar-refractivity contribution in [2.75, 3.05) is 31.1 Å². The second kappa shape index (κ2) is 4.96. The van der Waals surface area contributed by atoms with Crippen LogP contribution in [0.2, 0.25) is 0 Å². The van der Waals surface area contributed by atoms with E-state index in [1.807, 2.05) is 19.9 Å². The van der Waals surface area contributed by atoms with Gasteiger partial charge in [0.05, 0.1) is 6.61 Å². The first-order chi connectivity index (χ1) is 9.19. The third-order valence-electron chi connectivity index (χ3n) is 4.30. The maximum atomic E-state index is 5.53. The summed E-state index contributed by atoms with van der Waals surface area (Å²) < 4.78 is 5.53. The Morgan fingerprint density at radius 1 is 1.42 bits per heavy atom. The number of nitrogens with zero attached hydrogens (tertiary/aromatic N) is 3. The summed E-state index contributed by atoms with van der Waals surface area (Å²) in [4.78, 5) is 11.5. The Balaban J connectivity index is 1.86. The molecule has 2 saturated heterocycles. The lowest BCUT2D eigenvalue weighted by Gasteiger charge is -2.25. The van der Waals surface area contributed by atoms with E-state index in [4.69, 9.17) is 4.74 Å². The molecule has 3 rings (SSSR count). The Morgan fingerprint density at radius 2 is 2.26 bits per heavy atom. The summed E-state index contributed by atoms with van der Waals surface area (Å²) in [6.45, 7) is 10.2. The van der Waals surface area contributed by atoms with Crippen LogP contribution in [-0.2, 0) is 0 Å². The van der Waals surface area contributed by atoms with Crippen molar-refractivity contribution in [3.05, 3.63) is 11.8 Å². The van der Waals surface area contributed by atoms with Gasteiger partial charge in [-0.1, -0.05) is 0 Å². The van der Waals surface area contributed by atoms with Crippen molar-refractivity contribution in [1.29, 1.82) is 0 Å². The topological polar surface area (TPSA) is 50.3 Å². The molecule has 5 heteroatoms. The zero-order valence-corrected chi connectivity index (χ0v) is 11.9. The van der Waals surface area contributed by atoms with Crippen LogP contribution in [0.3, 0.4) is 0 Å². The van der Waals surface area contributed by atoms with Gasteiger partial charge in [0.15, 0.2) is 0 Å². The quantitative estimate of drug-likeness (QED) is 0.888. The van der Waals surface area contributed by atoms with E-state index in [2.05, 4.69) is 27.1 Å². The Labute approximate surface area is 114 Å². The lowest BCUT2D eigenvalue weighted by atomic mass is 9.95. The van der Waals surface area contributed by atoms with Gasteiger partial charge in [-0.25, -0.2) is 4.98 Å². The number of rotatable bonds is 3. The molecule has 3 atom stereocenters. The van der Waals surface area contributed by atoms with Crippen LogP contribution in [0.4, 0.5) is 5.95 Å². The van der Waals surface area contributed by atoms with E-state index in [0.717, 1.165) is 43.1 Å². The average Bonchev–Trinajstić information content (AvgIpc) is 2.92. The third kappa shape index (κ3) is 2.27. The SMILES string of the molecule is CCOc1cc(C)nc(N2CC3CNCC3C2C)n1. The first-order valence-corrected chi connectivity index (χ1v) is 7.15. The second-order valence-electron chi connectivity index (χ2n) is 5.56. The number of anilines is 1. The summed E-state index contributed by atoms with van der Waals surface area (Å²) >= 11 is 0. The van der Waals surface area contributed by atoms with Crippen molar-refractivity contribution in [2.45, 2.75) is 26.8 Å². The van der Waals surface area contributed by atoms with Crippen molar-refractivity contribution in [3.8, 4) is 5.88 Å². The lowest BCUT2D eigenvalue weighted by molar-refractivity contribution is 0.325. The second-order valence-corrected chi connectivity index (χ2v) is 5.56. The van der Waals surface area contributed by atoms with Gasteiger partial charge in [-0.05, 0) is 32.6 Å². The van der Waals surface area contributed by atoms with Crippen LogP contribution in [0.5, 0.6) is 5.88 Å². The molecular formula is C14H22N4O. The Kier molecular flexibility index (Phi) is 3.31. The fourth-order valence-electron chi connectivity index (χ4n) is 3.31. The van der Waals surface area contributed by atoms with Gasteiger partial charge in [-0.2, -0.15) is 4.98 Å². The zero-order valence-electron chi connectivity index (χ0n) is 11.9. The van der Waals surface area contributed by atoms with Gasteiger partial charge in [0.1, 0.15) is 0 Å². The van der Waals surface area contributed by atoms with Crippen molar-refractivity contribution in [3.63, 3.8) is 0 Å². The van der Waals surface area contributed by atoms with Crippen LogP contribution in [0.15, 0.2) is 6.07 Å². The molecule has 19 heavy (non-hydrogen) atoms. The molecule has 0 saturated carbocycles. The van der Waals surface area contributed by atoms with E-state index in [9.17, 15) is 0 Å². The average molecular weight is 262 g/mol. The minimum absolute atomic E-state index is 0.497. The minimum Gasteiger partial charge on any atom is -0.478 e. The number of aryl methyl sites for hydroxylation is 1. The standard InChI is InChI=1S/C14H22N4O/c1-4-19-13-5-9(2)16-14(17-13)18-8-11-6-15-7-12(11)10(18)3/h5,10-12,15H,4,6-8H2,1-3H3. The number of aromatic nitrogens is 2. The molecular weight excluding hydrogens is 240 g/mol. The number of ether oxygens (including phenoxy) is 1. The first kappa shape index (κ1) is 12.7. The third-order valence-corrected chi connectivity index (χ3v) is 4.30. The van der Waals surface area contributed by atoms with E-state index in [1.54, 1.807) is 0 Å². The monoisotopic (exact) mass is 262 g/mol. The van der Waals surface area contributed by atoms with E-state index >= 15 is 0 Å². The van der Waals surface area contributed by atoms with Gasteiger partial charge in [0.2, 0.25) is 11.8 Å². The smallest absolute Gasteiger partial charge is 0.229 e. The lowest BCUT2D eigenvalue weighted by Crippen LogP contribution is -2.34. The Morgan fingerprint density at radius 3 is 3.00 bits per heavy atom. The van der Waals surface area contributed by atoms with Crippen LogP contribution in [0.1, 0.15) is 19.5 Å². The molecule has 0 aromatic carbocycles. The van der Waals surface area contributed by atoms with Crippen LogP contribution < -0.4 is 15.0 Å². The molecule has 0 spiro atoms. The number of hydrogen-bond donors (Lipinski definition) is 1. The molecule has 1 N–H and O–H groups in total. The molecule has 104 valence electrons. The maximum Gasteiger partial charge on any atom is 0.229 e. The van der Waals surface area contributed by atoms with Crippen LogP contribution in [0.25, 0.3) is 0 Å². The fraction of sp³-hybridized carbons (Fsp3) is 0.714. The van der Waals surface area contributed by atoms with Crippen molar-refractivity contribution < 1.29 is 4.74 Å². The predicted molar refractivity (Wildman–Crippen MR) is 74.6 cm³/mol. The molecule has 3 unspecified atom stereocenters. The molecule has 2 fully saturated rings. The first-order valence-electron chi connectivity index (χ1n) is 7.15.